The van der Waals surface area contributed by atoms with Crippen LogP contribution in [0.1, 0.15) is 41.4 Å². The summed E-state index contributed by atoms with van der Waals surface area (Å²) in [4.78, 5) is 11.1. The van der Waals surface area contributed by atoms with E-state index in [1.165, 1.54) is 6.07 Å². The Bertz CT molecular complexity index is 596. The standard InChI is InChI=1S/C13H13FO3/c1-6(2)9-10-7(3)4-5-8(14)11(10)17-12(9)13(15)16/h4-6H,1-3H3,(H,15,16). The third-order valence-electron chi connectivity index (χ3n) is 2.81. The molecule has 0 fully saturated rings. The molecule has 0 radical (unpaired) electrons. The molecule has 0 aliphatic rings. The summed E-state index contributed by atoms with van der Waals surface area (Å²) in [5.74, 6) is -1.89. The first-order chi connectivity index (χ1) is 7.93. The van der Waals surface area contributed by atoms with Crippen molar-refractivity contribution in [1.82, 2.24) is 0 Å². The summed E-state index contributed by atoms with van der Waals surface area (Å²) in [6.07, 6.45) is 0. The zero-order valence-electron chi connectivity index (χ0n) is 9.87. The fourth-order valence-corrected chi connectivity index (χ4v) is 2.07. The molecule has 1 aromatic carbocycles. The number of hydrogen-bond donors (Lipinski definition) is 1. The maximum atomic E-state index is 13.6. The van der Waals surface area contributed by atoms with Gasteiger partial charge in [0.2, 0.25) is 5.76 Å². The monoisotopic (exact) mass is 236 g/mol. The number of carboxylic acid groups (broad SMARTS) is 1. The Kier molecular flexibility index (Phi) is 2.65. The molecule has 0 saturated carbocycles. The Hall–Kier alpha value is -1.84. The molecule has 0 unspecified atom stereocenters. The van der Waals surface area contributed by atoms with Crippen LogP contribution < -0.4 is 0 Å². The molecule has 0 amide bonds. The predicted molar refractivity (Wildman–Crippen MR) is 62.0 cm³/mol. The molecule has 1 heterocycles. The highest BCUT2D eigenvalue weighted by Crippen LogP contribution is 2.35. The van der Waals surface area contributed by atoms with E-state index in [0.29, 0.717) is 10.9 Å². The summed E-state index contributed by atoms with van der Waals surface area (Å²) in [5, 5.41) is 9.66. The van der Waals surface area contributed by atoms with Crippen molar-refractivity contribution in [2.45, 2.75) is 26.7 Å². The lowest BCUT2D eigenvalue weighted by molar-refractivity contribution is 0.0662. The lowest BCUT2D eigenvalue weighted by Crippen LogP contribution is -2.00. The average molecular weight is 236 g/mol. The van der Waals surface area contributed by atoms with Gasteiger partial charge in [-0.25, -0.2) is 9.18 Å². The minimum absolute atomic E-state index is 0.0334. The molecule has 3 nitrogen and oxygen atoms in total. The molecule has 4 heteroatoms. The summed E-state index contributed by atoms with van der Waals surface area (Å²) in [5.41, 5.74) is 1.41. The second-order valence-corrected chi connectivity index (χ2v) is 4.37. The van der Waals surface area contributed by atoms with Crippen LogP contribution in [0.2, 0.25) is 0 Å². The molecule has 1 N–H and O–H groups in total. The van der Waals surface area contributed by atoms with Crippen molar-refractivity contribution in [2.75, 3.05) is 0 Å². The highest BCUT2D eigenvalue weighted by atomic mass is 19.1. The van der Waals surface area contributed by atoms with Gasteiger partial charge in [0.15, 0.2) is 11.4 Å². The summed E-state index contributed by atoms with van der Waals surface area (Å²) >= 11 is 0. The Morgan fingerprint density at radius 1 is 1.41 bits per heavy atom. The van der Waals surface area contributed by atoms with Gasteiger partial charge in [-0.15, -0.1) is 0 Å². The summed E-state index contributed by atoms with van der Waals surface area (Å²) < 4.78 is 18.8. The van der Waals surface area contributed by atoms with E-state index < -0.39 is 11.8 Å². The van der Waals surface area contributed by atoms with E-state index in [1.807, 2.05) is 20.8 Å². The number of carbonyl (C=O) groups is 1. The summed E-state index contributed by atoms with van der Waals surface area (Å²) in [6.45, 7) is 5.54. The second-order valence-electron chi connectivity index (χ2n) is 4.37. The highest BCUT2D eigenvalue weighted by molar-refractivity contribution is 5.97. The number of furan rings is 1. The van der Waals surface area contributed by atoms with Gasteiger partial charge in [-0.3, -0.25) is 0 Å². The van der Waals surface area contributed by atoms with Gasteiger partial charge in [0, 0.05) is 10.9 Å². The van der Waals surface area contributed by atoms with E-state index in [-0.39, 0.29) is 17.3 Å². The maximum absolute atomic E-state index is 13.6. The van der Waals surface area contributed by atoms with Gasteiger partial charge in [0.05, 0.1) is 0 Å². The first kappa shape index (κ1) is 11.6. The van der Waals surface area contributed by atoms with E-state index in [4.69, 9.17) is 9.52 Å². The van der Waals surface area contributed by atoms with Crippen LogP contribution >= 0.6 is 0 Å². The van der Waals surface area contributed by atoms with Gasteiger partial charge in [0.25, 0.3) is 0 Å². The van der Waals surface area contributed by atoms with Gasteiger partial charge < -0.3 is 9.52 Å². The lowest BCUT2D eigenvalue weighted by atomic mass is 9.96. The predicted octanol–water partition coefficient (Wildman–Crippen LogP) is 3.70. The second kappa shape index (κ2) is 3.87. The number of fused-ring (bicyclic) bond motifs is 1. The minimum Gasteiger partial charge on any atom is -0.475 e. The van der Waals surface area contributed by atoms with Crippen LogP contribution in [-0.4, -0.2) is 11.1 Å². The zero-order chi connectivity index (χ0) is 12.7. The first-order valence-corrected chi connectivity index (χ1v) is 5.38. The normalized spacial score (nSPS) is 11.4. The number of carboxylic acids is 1. The Balaban J connectivity index is 2.95. The largest absolute Gasteiger partial charge is 0.475 e. The molecule has 0 bridgehead atoms. The Morgan fingerprint density at radius 3 is 2.59 bits per heavy atom. The average Bonchev–Trinajstić information content (AvgIpc) is 2.64. The quantitative estimate of drug-likeness (QED) is 0.864. The van der Waals surface area contributed by atoms with Crippen LogP contribution in [0.5, 0.6) is 0 Å². The Morgan fingerprint density at radius 2 is 2.06 bits per heavy atom. The van der Waals surface area contributed by atoms with Gasteiger partial charge in [-0.1, -0.05) is 19.9 Å². The minimum atomic E-state index is -1.16. The molecule has 17 heavy (non-hydrogen) atoms. The molecule has 0 aliphatic carbocycles. The number of halogens is 1. The zero-order valence-corrected chi connectivity index (χ0v) is 9.87. The van der Waals surface area contributed by atoms with Gasteiger partial charge in [-0.05, 0) is 24.5 Å². The number of benzene rings is 1. The fraction of sp³-hybridized carbons (Fsp3) is 0.308. The van der Waals surface area contributed by atoms with Crippen LogP contribution in [0.15, 0.2) is 16.5 Å². The third-order valence-corrected chi connectivity index (χ3v) is 2.81. The number of hydrogen-bond acceptors (Lipinski definition) is 2. The molecule has 2 rings (SSSR count). The van der Waals surface area contributed by atoms with E-state index in [1.54, 1.807) is 6.07 Å². The molecular weight excluding hydrogens is 223 g/mol. The molecule has 90 valence electrons. The first-order valence-electron chi connectivity index (χ1n) is 5.38. The molecule has 1 aromatic heterocycles. The van der Waals surface area contributed by atoms with Gasteiger partial charge in [-0.2, -0.15) is 0 Å². The number of aromatic carboxylic acids is 1. The van der Waals surface area contributed by atoms with E-state index in [9.17, 15) is 9.18 Å². The van der Waals surface area contributed by atoms with Gasteiger partial charge >= 0.3 is 5.97 Å². The number of rotatable bonds is 2. The van der Waals surface area contributed by atoms with Crippen molar-refractivity contribution >= 4 is 16.9 Å². The van der Waals surface area contributed by atoms with Crippen molar-refractivity contribution in [2.24, 2.45) is 0 Å². The fourth-order valence-electron chi connectivity index (χ4n) is 2.07. The van der Waals surface area contributed by atoms with Crippen LogP contribution in [0, 0.1) is 12.7 Å². The van der Waals surface area contributed by atoms with Crippen molar-refractivity contribution in [3.05, 3.63) is 34.8 Å². The van der Waals surface area contributed by atoms with Crippen LogP contribution in [0.4, 0.5) is 4.39 Å². The van der Waals surface area contributed by atoms with Crippen LogP contribution in [-0.2, 0) is 0 Å². The van der Waals surface area contributed by atoms with Crippen molar-refractivity contribution in [1.29, 1.82) is 0 Å². The maximum Gasteiger partial charge on any atom is 0.372 e. The van der Waals surface area contributed by atoms with Gasteiger partial charge in [0.1, 0.15) is 0 Å². The molecule has 0 atom stereocenters. The van der Waals surface area contributed by atoms with Crippen LogP contribution in [0.3, 0.4) is 0 Å². The molecule has 0 aliphatic heterocycles. The molecular formula is C13H13FO3. The van der Waals surface area contributed by atoms with Crippen molar-refractivity contribution in [3.8, 4) is 0 Å². The SMILES string of the molecule is Cc1ccc(F)c2oc(C(=O)O)c(C(C)C)c12. The van der Waals surface area contributed by atoms with E-state index in [2.05, 4.69) is 0 Å². The van der Waals surface area contributed by atoms with Crippen molar-refractivity contribution < 1.29 is 18.7 Å². The number of aryl methyl sites for hydroxylation is 1. The van der Waals surface area contributed by atoms with E-state index in [0.717, 1.165) is 5.56 Å². The Labute approximate surface area is 97.9 Å². The van der Waals surface area contributed by atoms with Crippen molar-refractivity contribution in [3.63, 3.8) is 0 Å². The molecule has 0 spiro atoms. The highest BCUT2D eigenvalue weighted by Gasteiger charge is 2.24. The molecule has 0 saturated heterocycles. The summed E-state index contributed by atoms with van der Waals surface area (Å²) in [6, 6.07) is 2.92. The smallest absolute Gasteiger partial charge is 0.372 e. The topological polar surface area (TPSA) is 50.4 Å². The lowest BCUT2D eigenvalue weighted by Gasteiger charge is -2.05. The van der Waals surface area contributed by atoms with Crippen LogP contribution in [0.25, 0.3) is 11.0 Å². The molecule has 2 aromatic rings. The third kappa shape index (κ3) is 1.69. The van der Waals surface area contributed by atoms with E-state index >= 15 is 0 Å². The summed E-state index contributed by atoms with van der Waals surface area (Å²) in [7, 11) is 0.